The van der Waals surface area contributed by atoms with Gasteiger partial charge in [0.25, 0.3) is 0 Å². The molecular weight excluding hydrogens is 1940 g/mol. The van der Waals surface area contributed by atoms with Crippen LogP contribution < -0.4 is 141 Å². The number of guanidine groups is 3. The summed E-state index contributed by atoms with van der Waals surface area (Å²) >= 11 is 1.21. The van der Waals surface area contributed by atoms with Gasteiger partial charge in [0, 0.05) is 57.3 Å². The zero-order valence-electron chi connectivity index (χ0n) is 81.8. The van der Waals surface area contributed by atoms with Crippen molar-refractivity contribution in [2.75, 3.05) is 77.6 Å². The first kappa shape index (κ1) is 127. The number of H-pyrrole nitrogens is 1. The number of aliphatic hydroxyl groups excluding tert-OH is 3. The number of carboxylic acid groups (broad SMARTS) is 3. The number of hydrogen-bond acceptors (Lipinski definition) is 32. The van der Waals surface area contributed by atoms with Gasteiger partial charge in [-0.3, -0.25) is 122 Å². The fourth-order valence-corrected chi connectivity index (χ4v) is 14.5. The number of nitrogens with zero attached hydrogens (tertiary/aromatic N) is 2. The minimum atomic E-state index is -2.07. The predicted octanol–water partition coefficient (Wildman–Crippen LogP) is -14.1. The van der Waals surface area contributed by atoms with Gasteiger partial charge in [0.15, 0.2) is 17.9 Å². The molecule has 0 aliphatic carbocycles. The predicted molar refractivity (Wildman–Crippen MR) is 515 cm³/mol. The van der Waals surface area contributed by atoms with Crippen molar-refractivity contribution in [1.82, 2.24) is 121 Å². The van der Waals surface area contributed by atoms with E-state index in [9.17, 15) is 136 Å². The lowest BCUT2D eigenvalue weighted by molar-refractivity contribution is -0.143. The molecule has 42 N–H and O–H groups in total. The van der Waals surface area contributed by atoms with Crippen LogP contribution in [0.15, 0.2) is 12.5 Å². The molecule has 145 heavy (non-hydrogen) atoms. The number of aliphatic hydroxyl groups is 3. The Morgan fingerprint density at radius 2 is 0.834 bits per heavy atom. The molecule has 60 nitrogen and oxygen atoms in total. The second-order valence-electron chi connectivity index (χ2n) is 34.6. The number of carbonyl (C=O) groups is 22. The molecule has 1 aromatic heterocycles. The van der Waals surface area contributed by atoms with Crippen LogP contribution in [0.5, 0.6) is 0 Å². The number of rotatable bonds is 71. The van der Waals surface area contributed by atoms with Crippen molar-refractivity contribution >= 4 is 160 Å². The van der Waals surface area contributed by atoms with Crippen molar-refractivity contribution < 1.29 is 136 Å². The number of carboxylic acids is 3. The van der Waals surface area contributed by atoms with E-state index >= 15 is 0 Å². The van der Waals surface area contributed by atoms with Gasteiger partial charge in [-0.15, -0.1) is 0 Å². The van der Waals surface area contributed by atoms with Crippen LogP contribution in [0.4, 0.5) is 0 Å². The first-order chi connectivity index (χ1) is 68.3. The third-order valence-corrected chi connectivity index (χ3v) is 22.4. The summed E-state index contributed by atoms with van der Waals surface area (Å²) in [5.41, 5.74) is 33.3. The second-order valence-corrected chi connectivity index (χ2v) is 35.6. The maximum atomic E-state index is 14.5. The molecule has 0 spiro atoms. The zero-order chi connectivity index (χ0) is 109. The molecule has 2 rings (SSSR count). The van der Waals surface area contributed by atoms with Crippen LogP contribution in [0.1, 0.15) is 163 Å². The summed E-state index contributed by atoms with van der Waals surface area (Å²) in [6, 6.07) is -25.8. The molecule has 0 saturated carbocycles. The van der Waals surface area contributed by atoms with Crippen molar-refractivity contribution in [3.63, 3.8) is 0 Å². The number of primary amides is 1. The summed E-state index contributed by atoms with van der Waals surface area (Å²) in [7, 11) is 0. The molecule has 2 heterocycles. The zero-order valence-corrected chi connectivity index (χ0v) is 82.6. The molecule has 814 valence electrons. The Hall–Kier alpha value is -14.5. The lowest BCUT2D eigenvalue weighted by Crippen LogP contribution is -2.62. The summed E-state index contributed by atoms with van der Waals surface area (Å²) in [5, 5.41) is 131. The van der Waals surface area contributed by atoms with Gasteiger partial charge < -0.3 is 181 Å². The number of aromatic amines is 1. The molecule has 0 unspecified atom stereocenters. The number of likely N-dealkylation sites (tertiary alicyclic amines) is 1. The van der Waals surface area contributed by atoms with Gasteiger partial charge in [-0.1, -0.05) is 27.7 Å². The lowest BCUT2D eigenvalue weighted by Gasteiger charge is -2.31. The van der Waals surface area contributed by atoms with Crippen LogP contribution in [-0.4, -0.2) is 374 Å². The quantitative estimate of drug-likeness (QED) is 0.0164. The number of imidazole rings is 1. The van der Waals surface area contributed by atoms with Gasteiger partial charge in [0.05, 0.1) is 57.7 Å². The Morgan fingerprint density at radius 1 is 0.455 bits per heavy atom. The maximum absolute atomic E-state index is 14.5. The van der Waals surface area contributed by atoms with Crippen LogP contribution in [0, 0.1) is 28.1 Å². The van der Waals surface area contributed by atoms with Gasteiger partial charge in [0.1, 0.15) is 90.6 Å². The largest absolute Gasteiger partial charge is 0.481 e. The molecule has 0 radical (unpaired) electrons. The van der Waals surface area contributed by atoms with E-state index < -0.39 is 322 Å². The highest BCUT2D eigenvalue weighted by atomic mass is 32.2. The van der Waals surface area contributed by atoms with Gasteiger partial charge in [-0.2, -0.15) is 11.8 Å². The highest BCUT2D eigenvalue weighted by molar-refractivity contribution is 7.98. The van der Waals surface area contributed by atoms with Crippen LogP contribution in [-0.2, 0) is 112 Å². The number of aliphatic carboxylic acids is 3. The average Bonchev–Trinajstić information content (AvgIpc) is 1.65. The Bertz CT molecular complexity index is 4580. The van der Waals surface area contributed by atoms with Crippen LogP contribution in [0.2, 0.25) is 0 Å². The van der Waals surface area contributed by atoms with E-state index in [-0.39, 0.29) is 134 Å². The SMILES string of the molecule is CSCC[C@H](NC(=O)[C@H](CCCNC(=N)N)NC(=O)[C@H](CCC(=O)O)NC(=O)[C@H](Cc1cnc[nH]1)NC(=O)CNC(=O)[C@@H]1CCCN1C(=O)[C@@H](NC(=O)[C@@H](N)CC(N)=O)C(C)C)C(=O)NCC(=O)N[C@@H](CCCNC(=N)N)C(=O)NCC(=O)N[C@@H](CCCNC(=N)N)C(=O)N[C@H](C(=O)N[C@@H](CO)C(=O)N[C@@H](CO)C(=O)N[C@@H](CCCCN)C(=O)N[C@@H](CCC(=O)O)C(=O)N[C@@H](CC(C)C)C(=O)N[C@@H](C)C(=O)O)[C@@H](C)O. The van der Waals surface area contributed by atoms with E-state index in [4.69, 9.17) is 50.6 Å². The summed E-state index contributed by atoms with van der Waals surface area (Å²) in [4.78, 5) is 305. The Morgan fingerprint density at radius 3 is 1.23 bits per heavy atom. The van der Waals surface area contributed by atoms with E-state index in [0.717, 1.165) is 13.8 Å². The van der Waals surface area contributed by atoms with Crippen molar-refractivity contribution in [1.29, 1.82) is 16.2 Å². The molecular formula is C84H144N32O28S. The number of unbranched alkanes of at least 4 members (excludes halogenated alkanes) is 1. The standard InChI is InChI=1S/C84H144N32O28S/c1-40(2)30-53(74(136)102-42(5)81(143)144)111-72(134)51(20-22-63(126)127)108-69(131)48(14-8-9-24-85)107-76(138)55(37-117)112-77(139)56(38-118)113-79(141)65(43(6)119)115-73(135)47(16-11-26-96-83(90)91)104-60(122)35-98-67(129)46(15-10-25-95-82(88)89)103-59(121)34-99-68(130)52(23-29-145-7)110-70(132)49(17-12-27-97-84(92)93)106-71(133)50(19-21-62(124)125)109-75(137)54(31-44-33-94-39-101-44)105-61(123)36-100-78(140)57-18-13-28-116(57)80(142)64(41(3)4)114-66(128)45(86)32-58(87)120/h33,39-43,45-57,64-65,117-119H,8-32,34-38,85-86H2,1-7H3,(H2,87,120)(H,94,101)(H,98,129)(H,99,130)(H,100,140)(H,102,136)(H,103,121)(H,104,122)(H,105,123)(H,106,133)(H,107,138)(H,108,131)(H,109,137)(H,110,132)(H,111,134)(H,112,139)(H,113,141)(H,114,128)(H,115,135)(H,124,125)(H,126,127)(H,143,144)(H4,88,89,95)(H4,90,91,96)(H4,92,93,97)/t42-,43+,45-,46-,47-,48-,49-,50-,51-,52-,53-,54-,55-,56-,57-,64-,65-/m0/s1. The summed E-state index contributed by atoms with van der Waals surface area (Å²) in [6.45, 7) is 3.51. The average molecular weight is 2080 g/mol. The molecule has 61 heteroatoms. The molecule has 19 amide bonds. The normalized spacial score (nSPS) is 15.4. The van der Waals surface area contributed by atoms with Gasteiger partial charge in [-0.25, -0.2) is 4.98 Å². The monoisotopic (exact) mass is 2080 g/mol. The van der Waals surface area contributed by atoms with Crippen LogP contribution in [0.25, 0.3) is 0 Å². The fourth-order valence-electron chi connectivity index (χ4n) is 14.0. The number of nitrogens with two attached hydrogens (primary N) is 6. The number of amides is 19. The minimum Gasteiger partial charge on any atom is -0.481 e. The van der Waals surface area contributed by atoms with Gasteiger partial charge in [0.2, 0.25) is 112 Å². The van der Waals surface area contributed by atoms with Gasteiger partial charge >= 0.3 is 17.9 Å². The number of hydrogen-bond donors (Lipinski definition) is 36. The smallest absolute Gasteiger partial charge is 0.325 e. The fraction of sp³-hybridized carbons (Fsp3) is 0.667. The highest BCUT2D eigenvalue weighted by Gasteiger charge is 2.42. The minimum absolute atomic E-state index is 0.0147. The van der Waals surface area contributed by atoms with E-state index in [2.05, 4.69) is 116 Å². The van der Waals surface area contributed by atoms with Crippen molar-refractivity contribution in [3.05, 3.63) is 18.2 Å². The molecule has 1 fully saturated rings. The number of carbonyl (C=O) groups excluding carboxylic acids is 19. The maximum Gasteiger partial charge on any atom is 0.325 e. The summed E-state index contributed by atoms with van der Waals surface area (Å²) < 4.78 is 0. The highest BCUT2D eigenvalue weighted by Crippen LogP contribution is 2.22. The Labute approximate surface area is 838 Å². The summed E-state index contributed by atoms with van der Waals surface area (Å²) in [6.07, 6.45) is -1.87. The van der Waals surface area contributed by atoms with Crippen molar-refractivity contribution in [3.8, 4) is 0 Å². The van der Waals surface area contributed by atoms with Crippen LogP contribution in [0.3, 0.4) is 0 Å². The molecule has 1 aromatic rings. The van der Waals surface area contributed by atoms with E-state index in [1.807, 2.05) is 0 Å². The second kappa shape index (κ2) is 67.1. The van der Waals surface area contributed by atoms with E-state index in [1.165, 1.54) is 29.2 Å². The Balaban J connectivity index is 2.41. The third kappa shape index (κ3) is 49.9. The van der Waals surface area contributed by atoms with Crippen LogP contribution >= 0.6 is 11.8 Å². The molecule has 0 bridgehead atoms. The lowest BCUT2D eigenvalue weighted by atomic mass is 10.0. The number of thioether (sulfide) groups is 1. The number of nitrogens with one attached hydrogen (secondary N) is 24. The molecule has 1 aliphatic heterocycles. The van der Waals surface area contributed by atoms with Gasteiger partial charge in [-0.05, 0) is 141 Å². The third-order valence-electron chi connectivity index (χ3n) is 21.8. The molecule has 0 aromatic carbocycles. The van der Waals surface area contributed by atoms with Crippen molar-refractivity contribution in [2.45, 2.75) is 266 Å². The molecule has 1 saturated heterocycles. The number of aromatic nitrogens is 2. The first-order valence-corrected chi connectivity index (χ1v) is 48.0. The van der Waals surface area contributed by atoms with E-state index in [0.29, 0.717) is 6.42 Å². The van der Waals surface area contributed by atoms with E-state index in [1.54, 1.807) is 34.0 Å². The Kier molecular flexibility index (Phi) is 58.6. The molecule has 17 atom stereocenters. The molecule has 1 aliphatic rings. The summed E-state index contributed by atoms with van der Waals surface area (Å²) in [5.74, 6) is -26.5. The first-order valence-electron chi connectivity index (χ1n) is 46.6. The van der Waals surface area contributed by atoms with Crippen molar-refractivity contribution in [2.24, 2.45) is 46.2 Å². The topological polar surface area (TPSA) is 997 Å².